The summed E-state index contributed by atoms with van der Waals surface area (Å²) in [4.78, 5) is 11.5. The predicted molar refractivity (Wildman–Crippen MR) is 54.0 cm³/mol. The number of anilines is 1. The van der Waals surface area contributed by atoms with Crippen molar-refractivity contribution in [3.63, 3.8) is 0 Å². The first kappa shape index (κ1) is 9.32. The van der Waals surface area contributed by atoms with Crippen LogP contribution in [-0.2, 0) is 4.79 Å². The number of halogens is 1. The molecule has 15 heavy (non-hydrogen) atoms. The molecular formula is C9H7FN4O. The Morgan fingerprint density at radius 1 is 1.40 bits per heavy atom. The van der Waals surface area contributed by atoms with Gasteiger partial charge in [-0.2, -0.15) is 15.2 Å². The number of benzene rings is 1. The molecule has 0 aliphatic carbocycles. The van der Waals surface area contributed by atoms with E-state index in [-0.39, 0.29) is 11.4 Å². The van der Waals surface area contributed by atoms with E-state index < -0.39 is 11.7 Å². The van der Waals surface area contributed by atoms with Crippen LogP contribution in [0.4, 0.5) is 10.1 Å². The van der Waals surface area contributed by atoms with Crippen LogP contribution in [0.3, 0.4) is 0 Å². The van der Waals surface area contributed by atoms with E-state index in [1.54, 1.807) is 6.07 Å². The Bertz CT molecular complexity index is 469. The van der Waals surface area contributed by atoms with Crippen molar-refractivity contribution >= 4 is 23.5 Å². The summed E-state index contributed by atoms with van der Waals surface area (Å²) in [6.07, 6.45) is 1.19. The minimum atomic E-state index is -0.539. The summed E-state index contributed by atoms with van der Waals surface area (Å²) >= 11 is 0. The molecule has 0 atom stereocenters. The molecule has 0 fully saturated rings. The molecule has 1 aromatic rings. The smallest absolute Gasteiger partial charge is 0.300 e. The van der Waals surface area contributed by atoms with Gasteiger partial charge in [-0.15, -0.1) is 0 Å². The lowest BCUT2D eigenvalue weighted by atomic mass is 10.3. The molecule has 5 nitrogen and oxygen atoms in total. The minimum Gasteiger partial charge on any atom is -0.322 e. The van der Waals surface area contributed by atoms with Crippen molar-refractivity contribution in [2.75, 3.05) is 5.01 Å². The van der Waals surface area contributed by atoms with Gasteiger partial charge in [-0.25, -0.2) is 4.39 Å². The Labute approximate surface area is 84.7 Å². The van der Waals surface area contributed by atoms with Crippen LogP contribution in [0.5, 0.6) is 0 Å². The average Bonchev–Trinajstić information content (AvgIpc) is 2.60. The maximum atomic E-state index is 13.3. The average molecular weight is 206 g/mol. The molecule has 2 rings (SSSR count). The summed E-state index contributed by atoms with van der Waals surface area (Å²) in [6, 6.07) is 5.83. The first-order chi connectivity index (χ1) is 7.24. The normalized spacial score (nSPS) is 17.8. The number of hydrazone groups is 2. The molecule has 0 bridgehead atoms. The minimum absolute atomic E-state index is 0.00162. The molecular weight excluding hydrogens is 199 g/mol. The molecule has 76 valence electrons. The summed E-state index contributed by atoms with van der Waals surface area (Å²) in [5, 5.41) is 7.85. The molecule has 0 spiro atoms. The van der Waals surface area contributed by atoms with Crippen LogP contribution in [-0.4, -0.2) is 17.8 Å². The van der Waals surface area contributed by atoms with Gasteiger partial charge < -0.3 is 5.84 Å². The molecule has 1 aromatic carbocycles. The van der Waals surface area contributed by atoms with Crippen LogP contribution < -0.4 is 10.9 Å². The zero-order valence-electron chi connectivity index (χ0n) is 7.59. The van der Waals surface area contributed by atoms with Gasteiger partial charge in [0.25, 0.3) is 0 Å². The molecule has 0 radical (unpaired) electrons. The van der Waals surface area contributed by atoms with Gasteiger partial charge in [0.2, 0.25) is 0 Å². The summed E-state index contributed by atoms with van der Waals surface area (Å²) in [5.41, 5.74) is 0.0793. The van der Waals surface area contributed by atoms with E-state index in [9.17, 15) is 9.18 Å². The summed E-state index contributed by atoms with van der Waals surface area (Å²) in [7, 11) is 0. The van der Waals surface area contributed by atoms with Gasteiger partial charge in [0.1, 0.15) is 11.5 Å². The number of carbonyl (C=O) groups excluding carboxylic acids is 1. The largest absolute Gasteiger partial charge is 0.322 e. The van der Waals surface area contributed by atoms with E-state index in [1.807, 2.05) is 0 Å². The highest BCUT2D eigenvalue weighted by atomic mass is 19.1. The molecule has 0 aromatic heterocycles. The molecule has 6 heteroatoms. The highest BCUT2D eigenvalue weighted by Gasteiger charge is 2.27. The SMILES string of the molecule is NN=C1C=NN(c2ccccc2F)C1=O. The Morgan fingerprint density at radius 2 is 2.13 bits per heavy atom. The third-order valence-corrected chi connectivity index (χ3v) is 1.93. The summed E-state index contributed by atoms with van der Waals surface area (Å²) in [6.45, 7) is 0. The number of nitrogens with zero attached hydrogens (tertiary/aromatic N) is 3. The van der Waals surface area contributed by atoms with E-state index in [0.717, 1.165) is 5.01 Å². The van der Waals surface area contributed by atoms with E-state index in [0.29, 0.717) is 0 Å². The molecule has 1 heterocycles. The standard InChI is InChI=1S/C9H7FN4O/c10-6-3-1-2-4-8(6)14-9(15)7(13-11)5-12-14/h1-5H,11H2. The Hall–Kier alpha value is -2.24. The van der Waals surface area contributed by atoms with Crippen LogP contribution in [0.25, 0.3) is 0 Å². The zero-order chi connectivity index (χ0) is 10.8. The lowest BCUT2D eigenvalue weighted by Crippen LogP contribution is -2.27. The van der Waals surface area contributed by atoms with Crippen molar-refractivity contribution in [1.82, 2.24) is 0 Å². The van der Waals surface area contributed by atoms with Crippen LogP contribution >= 0.6 is 0 Å². The third-order valence-electron chi connectivity index (χ3n) is 1.93. The van der Waals surface area contributed by atoms with Gasteiger partial charge in [-0.05, 0) is 12.1 Å². The number of hydrogen-bond acceptors (Lipinski definition) is 4. The first-order valence-corrected chi connectivity index (χ1v) is 4.15. The van der Waals surface area contributed by atoms with Gasteiger partial charge in [0.05, 0.1) is 6.21 Å². The third kappa shape index (κ3) is 1.45. The highest BCUT2D eigenvalue weighted by Crippen LogP contribution is 2.20. The van der Waals surface area contributed by atoms with Crippen molar-refractivity contribution in [2.45, 2.75) is 0 Å². The number of hydrogen-bond donors (Lipinski definition) is 1. The first-order valence-electron chi connectivity index (χ1n) is 4.15. The highest BCUT2D eigenvalue weighted by molar-refractivity contribution is 6.65. The fourth-order valence-electron chi connectivity index (χ4n) is 1.21. The lowest BCUT2D eigenvalue weighted by molar-refractivity contribution is -0.112. The van der Waals surface area contributed by atoms with Crippen LogP contribution in [0.2, 0.25) is 0 Å². The fourth-order valence-corrected chi connectivity index (χ4v) is 1.21. The van der Waals surface area contributed by atoms with Gasteiger partial charge in [0.15, 0.2) is 5.71 Å². The maximum absolute atomic E-state index is 13.3. The number of para-hydroxylation sites is 1. The Kier molecular flexibility index (Phi) is 2.17. The van der Waals surface area contributed by atoms with E-state index in [1.165, 1.54) is 24.4 Å². The Balaban J connectivity index is 2.40. The second kappa shape index (κ2) is 3.49. The second-order valence-corrected chi connectivity index (χ2v) is 2.83. The molecule has 2 N–H and O–H groups in total. The van der Waals surface area contributed by atoms with Crippen LogP contribution in [0.1, 0.15) is 0 Å². The van der Waals surface area contributed by atoms with Gasteiger partial charge in [-0.3, -0.25) is 4.79 Å². The van der Waals surface area contributed by atoms with Crippen LogP contribution in [0, 0.1) is 5.82 Å². The molecule has 0 saturated heterocycles. The van der Waals surface area contributed by atoms with Crippen molar-refractivity contribution in [1.29, 1.82) is 0 Å². The molecule has 1 amide bonds. The zero-order valence-corrected chi connectivity index (χ0v) is 7.59. The van der Waals surface area contributed by atoms with E-state index in [4.69, 9.17) is 5.84 Å². The van der Waals surface area contributed by atoms with E-state index >= 15 is 0 Å². The van der Waals surface area contributed by atoms with Crippen molar-refractivity contribution in [2.24, 2.45) is 16.0 Å². The lowest BCUT2D eigenvalue weighted by Gasteiger charge is -2.11. The van der Waals surface area contributed by atoms with Gasteiger partial charge in [-0.1, -0.05) is 12.1 Å². The van der Waals surface area contributed by atoms with Gasteiger partial charge in [0, 0.05) is 0 Å². The molecule has 0 saturated carbocycles. The van der Waals surface area contributed by atoms with E-state index in [2.05, 4.69) is 10.2 Å². The number of amides is 1. The summed E-state index contributed by atoms with van der Waals surface area (Å²) < 4.78 is 13.3. The number of rotatable bonds is 1. The van der Waals surface area contributed by atoms with Crippen molar-refractivity contribution in [3.05, 3.63) is 30.1 Å². The predicted octanol–water partition coefficient (Wildman–Crippen LogP) is 0.473. The Morgan fingerprint density at radius 3 is 2.73 bits per heavy atom. The van der Waals surface area contributed by atoms with Crippen molar-refractivity contribution in [3.8, 4) is 0 Å². The molecule has 1 aliphatic heterocycles. The topological polar surface area (TPSA) is 71.0 Å². The number of carbonyl (C=O) groups is 1. The second-order valence-electron chi connectivity index (χ2n) is 2.83. The van der Waals surface area contributed by atoms with Crippen molar-refractivity contribution < 1.29 is 9.18 Å². The quantitative estimate of drug-likeness (QED) is 0.536. The number of nitrogens with two attached hydrogens (primary N) is 1. The monoisotopic (exact) mass is 206 g/mol. The molecule has 0 unspecified atom stereocenters. The fraction of sp³-hybridized carbons (Fsp3) is 0. The van der Waals surface area contributed by atoms with Gasteiger partial charge >= 0.3 is 5.91 Å². The summed E-state index contributed by atoms with van der Waals surface area (Å²) in [5.74, 6) is 3.89. The maximum Gasteiger partial charge on any atom is 0.300 e. The molecule has 1 aliphatic rings. The van der Waals surface area contributed by atoms with Crippen LogP contribution in [0.15, 0.2) is 34.5 Å².